The van der Waals surface area contributed by atoms with Crippen LogP contribution in [0.1, 0.15) is 26.7 Å². The van der Waals surface area contributed by atoms with E-state index < -0.39 is 11.9 Å². The van der Waals surface area contributed by atoms with Crippen LogP contribution in [0.2, 0.25) is 0 Å². The van der Waals surface area contributed by atoms with Gasteiger partial charge >= 0.3 is 12.0 Å². The van der Waals surface area contributed by atoms with Crippen molar-refractivity contribution in [2.75, 3.05) is 19.8 Å². The van der Waals surface area contributed by atoms with Gasteiger partial charge in [-0.05, 0) is 19.8 Å². The van der Waals surface area contributed by atoms with E-state index in [0.29, 0.717) is 19.6 Å². The van der Waals surface area contributed by atoms with Crippen molar-refractivity contribution in [2.24, 2.45) is 5.92 Å². The van der Waals surface area contributed by atoms with Crippen LogP contribution in [0.25, 0.3) is 0 Å². The zero-order chi connectivity index (χ0) is 12.9. The zero-order valence-electron chi connectivity index (χ0n) is 10.3. The van der Waals surface area contributed by atoms with Crippen LogP contribution in [0.3, 0.4) is 0 Å². The van der Waals surface area contributed by atoms with E-state index in [4.69, 9.17) is 9.84 Å². The summed E-state index contributed by atoms with van der Waals surface area (Å²) >= 11 is 0. The molecule has 1 aliphatic heterocycles. The van der Waals surface area contributed by atoms with Gasteiger partial charge in [0, 0.05) is 13.2 Å². The van der Waals surface area contributed by atoms with E-state index in [1.54, 1.807) is 6.92 Å². The fourth-order valence-corrected chi connectivity index (χ4v) is 1.71. The molecule has 0 aromatic heterocycles. The van der Waals surface area contributed by atoms with E-state index in [1.165, 1.54) is 0 Å². The van der Waals surface area contributed by atoms with Gasteiger partial charge in [0.05, 0.1) is 18.1 Å². The lowest BCUT2D eigenvalue weighted by Crippen LogP contribution is -2.51. The molecule has 6 nitrogen and oxygen atoms in total. The Morgan fingerprint density at radius 2 is 2.24 bits per heavy atom. The molecule has 0 aromatic rings. The molecule has 2 unspecified atom stereocenters. The average molecular weight is 244 g/mol. The molecule has 6 heteroatoms. The predicted octanol–water partition coefficient (Wildman–Crippen LogP) is 0.575. The van der Waals surface area contributed by atoms with Crippen LogP contribution in [0, 0.1) is 5.92 Å². The van der Waals surface area contributed by atoms with Crippen molar-refractivity contribution in [1.29, 1.82) is 0 Å². The summed E-state index contributed by atoms with van der Waals surface area (Å²) in [5.41, 5.74) is -0.338. The Labute approximate surface area is 101 Å². The molecule has 17 heavy (non-hydrogen) atoms. The Kier molecular flexibility index (Phi) is 4.74. The molecule has 0 radical (unpaired) electrons. The minimum atomic E-state index is -0.886. The second kappa shape index (κ2) is 5.86. The lowest BCUT2D eigenvalue weighted by Gasteiger charge is -2.24. The van der Waals surface area contributed by atoms with Crippen LogP contribution in [-0.2, 0) is 9.53 Å². The summed E-state index contributed by atoms with van der Waals surface area (Å²) in [5, 5.41) is 14.2. The maximum Gasteiger partial charge on any atom is 0.315 e. The van der Waals surface area contributed by atoms with Crippen molar-refractivity contribution in [2.45, 2.75) is 32.2 Å². The average Bonchev–Trinajstić information content (AvgIpc) is 2.65. The largest absolute Gasteiger partial charge is 0.481 e. The third kappa shape index (κ3) is 4.22. The van der Waals surface area contributed by atoms with Crippen molar-refractivity contribution in [1.82, 2.24) is 10.6 Å². The molecule has 2 atom stereocenters. The highest BCUT2D eigenvalue weighted by molar-refractivity contribution is 5.76. The fraction of sp³-hybridized carbons (Fsp3) is 0.818. The number of carboxylic acids is 1. The quantitative estimate of drug-likeness (QED) is 0.660. The van der Waals surface area contributed by atoms with E-state index in [0.717, 1.165) is 6.42 Å². The number of amides is 2. The Balaban J connectivity index is 2.32. The van der Waals surface area contributed by atoms with Gasteiger partial charge in [0.2, 0.25) is 0 Å². The van der Waals surface area contributed by atoms with Crippen molar-refractivity contribution in [3.8, 4) is 0 Å². The summed E-state index contributed by atoms with van der Waals surface area (Å²) < 4.78 is 5.21. The van der Waals surface area contributed by atoms with Crippen molar-refractivity contribution >= 4 is 12.0 Å². The van der Waals surface area contributed by atoms with Crippen LogP contribution in [-0.4, -0.2) is 42.4 Å². The first-order chi connectivity index (χ1) is 7.97. The highest BCUT2D eigenvalue weighted by Gasteiger charge is 2.31. The number of hydrogen-bond acceptors (Lipinski definition) is 3. The molecule has 0 bridgehead atoms. The Bertz CT molecular complexity index is 287. The number of rotatable bonds is 5. The highest BCUT2D eigenvalue weighted by Crippen LogP contribution is 2.16. The maximum absolute atomic E-state index is 11.6. The molecular weight excluding hydrogens is 224 g/mol. The topological polar surface area (TPSA) is 87.7 Å². The van der Waals surface area contributed by atoms with E-state index in [-0.39, 0.29) is 18.1 Å². The van der Waals surface area contributed by atoms with Gasteiger partial charge in [-0.25, -0.2) is 4.79 Å². The van der Waals surface area contributed by atoms with E-state index in [2.05, 4.69) is 10.6 Å². The van der Waals surface area contributed by atoms with Gasteiger partial charge in [0.25, 0.3) is 0 Å². The summed E-state index contributed by atoms with van der Waals surface area (Å²) in [6, 6.07) is -0.335. The Morgan fingerprint density at radius 3 is 2.71 bits per heavy atom. The first-order valence-electron chi connectivity index (χ1n) is 5.83. The standard InChI is InChI=1S/C11H20N2O4/c1-3-8(9(14)15)6-12-10(16)13-11(2)4-5-17-7-11/h8H,3-7H2,1-2H3,(H,14,15)(H2,12,13,16). The Morgan fingerprint density at radius 1 is 1.53 bits per heavy atom. The second-order valence-corrected chi connectivity index (χ2v) is 4.64. The normalized spacial score (nSPS) is 25.3. The number of hydrogen-bond donors (Lipinski definition) is 3. The fourth-order valence-electron chi connectivity index (χ4n) is 1.71. The monoisotopic (exact) mass is 244 g/mol. The molecule has 1 aliphatic rings. The SMILES string of the molecule is CCC(CNC(=O)NC1(C)CCOC1)C(=O)O. The van der Waals surface area contributed by atoms with Gasteiger partial charge < -0.3 is 20.5 Å². The smallest absolute Gasteiger partial charge is 0.315 e. The third-order valence-corrected chi connectivity index (χ3v) is 2.99. The summed E-state index contributed by atoms with van der Waals surface area (Å²) in [6.07, 6.45) is 1.27. The molecule has 98 valence electrons. The number of carboxylic acid groups (broad SMARTS) is 1. The van der Waals surface area contributed by atoms with Crippen LogP contribution in [0.5, 0.6) is 0 Å². The van der Waals surface area contributed by atoms with Crippen molar-refractivity contribution in [3.63, 3.8) is 0 Å². The molecule has 1 rings (SSSR count). The molecule has 2 amide bonds. The molecule has 0 spiro atoms. The van der Waals surface area contributed by atoms with Crippen LogP contribution < -0.4 is 10.6 Å². The third-order valence-electron chi connectivity index (χ3n) is 2.99. The van der Waals surface area contributed by atoms with Gasteiger partial charge in [-0.15, -0.1) is 0 Å². The lowest BCUT2D eigenvalue weighted by atomic mass is 10.0. The summed E-state index contributed by atoms with van der Waals surface area (Å²) in [5.74, 6) is -1.42. The second-order valence-electron chi connectivity index (χ2n) is 4.64. The highest BCUT2D eigenvalue weighted by atomic mass is 16.5. The van der Waals surface area contributed by atoms with Gasteiger partial charge in [-0.2, -0.15) is 0 Å². The minimum Gasteiger partial charge on any atom is -0.481 e. The molecule has 0 saturated carbocycles. The lowest BCUT2D eigenvalue weighted by molar-refractivity contribution is -0.141. The first kappa shape index (κ1) is 13.8. The summed E-state index contributed by atoms with van der Waals surface area (Å²) in [7, 11) is 0. The number of ether oxygens (including phenoxy) is 1. The Hall–Kier alpha value is -1.30. The summed E-state index contributed by atoms with van der Waals surface area (Å²) in [4.78, 5) is 22.3. The summed E-state index contributed by atoms with van der Waals surface area (Å²) in [6.45, 7) is 4.98. The number of nitrogens with one attached hydrogen (secondary N) is 2. The van der Waals surface area contributed by atoms with Crippen LogP contribution >= 0.6 is 0 Å². The molecule has 3 N–H and O–H groups in total. The van der Waals surface area contributed by atoms with E-state index in [1.807, 2.05) is 6.92 Å². The number of carbonyl (C=O) groups is 2. The number of carbonyl (C=O) groups excluding carboxylic acids is 1. The van der Waals surface area contributed by atoms with Gasteiger partial charge in [0.1, 0.15) is 0 Å². The van der Waals surface area contributed by atoms with Gasteiger partial charge in [0.15, 0.2) is 0 Å². The van der Waals surface area contributed by atoms with E-state index >= 15 is 0 Å². The first-order valence-corrected chi connectivity index (χ1v) is 5.83. The molecule has 0 aromatic carbocycles. The molecule has 1 fully saturated rings. The van der Waals surface area contributed by atoms with E-state index in [9.17, 15) is 9.59 Å². The predicted molar refractivity (Wildman–Crippen MR) is 61.8 cm³/mol. The van der Waals surface area contributed by atoms with Gasteiger partial charge in [-0.3, -0.25) is 4.79 Å². The molecule has 0 aliphatic carbocycles. The van der Waals surface area contributed by atoms with Crippen LogP contribution in [0.15, 0.2) is 0 Å². The minimum absolute atomic E-state index is 0.147. The maximum atomic E-state index is 11.6. The van der Waals surface area contributed by atoms with Gasteiger partial charge in [-0.1, -0.05) is 6.92 Å². The molecule has 1 saturated heterocycles. The van der Waals surface area contributed by atoms with Crippen LogP contribution in [0.4, 0.5) is 4.79 Å². The van der Waals surface area contributed by atoms with Crippen molar-refractivity contribution in [3.05, 3.63) is 0 Å². The zero-order valence-corrected chi connectivity index (χ0v) is 10.3. The molecular formula is C11H20N2O4. The number of aliphatic carboxylic acids is 1. The molecule has 1 heterocycles. The number of urea groups is 1. The van der Waals surface area contributed by atoms with Crippen molar-refractivity contribution < 1.29 is 19.4 Å².